The van der Waals surface area contributed by atoms with Gasteiger partial charge in [0.05, 0.1) is 25.1 Å². The average molecular weight is 368 g/mol. The van der Waals surface area contributed by atoms with Gasteiger partial charge in [-0.1, -0.05) is 58.0 Å². The summed E-state index contributed by atoms with van der Waals surface area (Å²) < 4.78 is 0. The summed E-state index contributed by atoms with van der Waals surface area (Å²) in [6, 6.07) is 0. The first-order valence-electron chi connectivity index (χ1n) is 4.75. The van der Waals surface area contributed by atoms with E-state index >= 15 is 0 Å². The van der Waals surface area contributed by atoms with Crippen LogP contribution < -0.4 is 5.32 Å². The molecular formula is C10H8Cl5NOS. The van der Waals surface area contributed by atoms with E-state index in [1.807, 2.05) is 0 Å². The van der Waals surface area contributed by atoms with Gasteiger partial charge in [-0.3, -0.25) is 4.79 Å². The minimum absolute atomic E-state index is 0.0973. The Morgan fingerprint density at radius 3 is 1.89 bits per heavy atom. The summed E-state index contributed by atoms with van der Waals surface area (Å²) in [7, 11) is 0. The Bertz CT molecular complexity index is 451. The first-order valence-corrected chi connectivity index (χ1v) is 7.62. The SMILES string of the molecule is CC(=O)NCCSc1c(Cl)c(Cl)c(Cl)c(Cl)c1Cl. The summed E-state index contributed by atoms with van der Waals surface area (Å²) in [6.45, 7) is 1.94. The zero-order chi connectivity index (χ0) is 13.9. The van der Waals surface area contributed by atoms with Crippen molar-refractivity contribution >= 4 is 75.7 Å². The first-order chi connectivity index (χ1) is 8.36. The predicted octanol–water partition coefficient (Wildman–Crippen LogP) is 5.18. The average Bonchev–Trinajstić information content (AvgIpc) is 2.32. The Labute approximate surface area is 134 Å². The monoisotopic (exact) mass is 365 g/mol. The molecule has 100 valence electrons. The van der Waals surface area contributed by atoms with E-state index in [0.717, 1.165) is 0 Å². The van der Waals surface area contributed by atoms with Crippen molar-refractivity contribution in [2.75, 3.05) is 12.3 Å². The molecule has 0 unspecified atom stereocenters. The molecule has 0 saturated carbocycles. The van der Waals surface area contributed by atoms with Gasteiger partial charge in [0.25, 0.3) is 0 Å². The molecule has 8 heteroatoms. The minimum Gasteiger partial charge on any atom is -0.356 e. The van der Waals surface area contributed by atoms with Crippen molar-refractivity contribution in [2.45, 2.75) is 11.8 Å². The van der Waals surface area contributed by atoms with E-state index in [9.17, 15) is 4.79 Å². The number of thioether (sulfide) groups is 1. The van der Waals surface area contributed by atoms with Crippen molar-refractivity contribution in [1.82, 2.24) is 5.32 Å². The third-order valence-electron chi connectivity index (χ3n) is 1.89. The second kappa shape index (κ2) is 7.32. The molecule has 0 aliphatic carbocycles. The highest BCUT2D eigenvalue weighted by atomic mass is 35.5. The molecule has 0 atom stereocenters. The van der Waals surface area contributed by atoms with Crippen LogP contribution in [0.5, 0.6) is 0 Å². The van der Waals surface area contributed by atoms with Gasteiger partial charge in [-0.2, -0.15) is 0 Å². The van der Waals surface area contributed by atoms with E-state index in [0.29, 0.717) is 17.2 Å². The topological polar surface area (TPSA) is 29.1 Å². The van der Waals surface area contributed by atoms with Crippen molar-refractivity contribution < 1.29 is 4.79 Å². The molecule has 1 rings (SSSR count). The van der Waals surface area contributed by atoms with Gasteiger partial charge < -0.3 is 5.32 Å². The number of carbonyl (C=O) groups is 1. The molecule has 0 fully saturated rings. The molecule has 0 radical (unpaired) electrons. The number of nitrogens with one attached hydrogen (secondary N) is 1. The van der Waals surface area contributed by atoms with Gasteiger partial charge in [0.2, 0.25) is 5.91 Å². The van der Waals surface area contributed by atoms with Crippen molar-refractivity contribution in [1.29, 1.82) is 0 Å². The fourth-order valence-corrected chi connectivity index (χ4v) is 3.54. The van der Waals surface area contributed by atoms with Gasteiger partial charge in [-0.15, -0.1) is 11.8 Å². The first kappa shape index (κ1) is 16.5. The van der Waals surface area contributed by atoms with E-state index in [4.69, 9.17) is 58.0 Å². The fourth-order valence-electron chi connectivity index (χ4n) is 1.09. The lowest BCUT2D eigenvalue weighted by molar-refractivity contribution is -0.118. The van der Waals surface area contributed by atoms with Crippen LogP contribution in [0.15, 0.2) is 4.90 Å². The number of carbonyl (C=O) groups excluding carboxylic acids is 1. The summed E-state index contributed by atoms with van der Waals surface area (Å²) in [4.78, 5) is 11.3. The van der Waals surface area contributed by atoms with Crippen LogP contribution in [-0.4, -0.2) is 18.2 Å². The molecule has 18 heavy (non-hydrogen) atoms. The van der Waals surface area contributed by atoms with Crippen LogP contribution in [0.4, 0.5) is 0 Å². The molecule has 0 aliphatic rings. The van der Waals surface area contributed by atoms with Gasteiger partial charge in [0, 0.05) is 24.1 Å². The smallest absolute Gasteiger partial charge is 0.216 e. The van der Waals surface area contributed by atoms with Gasteiger partial charge in [-0.25, -0.2) is 0 Å². The minimum atomic E-state index is -0.0973. The second-order valence-corrected chi connectivity index (χ2v) is 6.23. The highest BCUT2D eigenvalue weighted by Crippen LogP contribution is 2.47. The summed E-state index contributed by atoms with van der Waals surface area (Å²) in [5.74, 6) is 0.493. The Hall–Kier alpha value is 0.490. The third-order valence-corrected chi connectivity index (χ3v) is 5.50. The number of rotatable bonds is 4. The molecule has 2 nitrogen and oxygen atoms in total. The van der Waals surface area contributed by atoms with Gasteiger partial charge >= 0.3 is 0 Å². The van der Waals surface area contributed by atoms with Crippen LogP contribution in [0.25, 0.3) is 0 Å². The van der Waals surface area contributed by atoms with E-state index < -0.39 is 0 Å². The van der Waals surface area contributed by atoms with Crippen molar-refractivity contribution in [3.63, 3.8) is 0 Å². The van der Waals surface area contributed by atoms with E-state index in [1.54, 1.807) is 0 Å². The van der Waals surface area contributed by atoms with Gasteiger partial charge in [-0.05, 0) is 0 Å². The van der Waals surface area contributed by atoms with Crippen LogP contribution in [0.3, 0.4) is 0 Å². The highest BCUT2D eigenvalue weighted by molar-refractivity contribution is 7.99. The maximum absolute atomic E-state index is 10.7. The Morgan fingerprint density at radius 2 is 1.44 bits per heavy atom. The largest absolute Gasteiger partial charge is 0.356 e. The molecule has 0 spiro atoms. The summed E-state index contributed by atoms with van der Waals surface area (Å²) in [5, 5.41) is 3.68. The molecule has 0 aromatic heterocycles. The molecule has 1 N–H and O–H groups in total. The zero-order valence-corrected chi connectivity index (χ0v) is 13.7. The fraction of sp³-hybridized carbons (Fsp3) is 0.300. The van der Waals surface area contributed by atoms with E-state index in [2.05, 4.69) is 5.32 Å². The summed E-state index contributed by atoms with van der Waals surface area (Å²) >= 11 is 31.2. The Kier molecular flexibility index (Phi) is 6.73. The predicted molar refractivity (Wildman–Crippen MR) is 80.9 cm³/mol. The lowest BCUT2D eigenvalue weighted by Crippen LogP contribution is -2.22. The lowest BCUT2D eigenvalue weighted by atomic mass is 10.3. The lowest BCUT2D eigenvalue weighted by Gasteiger charge is -2.11. The van der Waals surface area contributed by atoms with Crippen LogP contribution in [0.2, 0.25) is 25.1 Å². The normalized spacial score (nSPS) is 10.6. The summed E-state index contributed by atoms with van der Waals surface area (Å²) in [6.07, 6.45) is 0. The van der Waals surface area contributed by atoms with E-state index in [-0.39, 0.29) is 31.0 Å². The standard InChI is InChI=1S/C10H8Cl5NOS/c1-4(17)16-2-3-18-10-8(14)6(12)5(11)7(13)9(10)15/h2-3H2,1H3,(H,16,17). The van der Waals surface area contributed by atoms with Crippen LogP contribution in [0, 0.1) is 0 Å². The number of halogens is 5. The van der Waals surface area contributed by atoms with Crippen LogP contribution in [0.1, 0.15) is 6.92 Å². The van der Waals surface area contributed by atoms with Crippen molar-refractivity contribution in [3.8, 4) is 0 Å². The number of hydrogen-bond acceptors (Lipinski definition) is 2. The molecule has 1 amide bonds. The molecule has 1 aromatic rings. The van der Waals surface area contributed by atoms with Crippen LogP contribution >= 0.6 is 69.8 Å². The van der Waals surface area contributed by atoms with Crippen molar-refractivity contribution in [2.24, 2.45) is 0 Å². The highest BCUT2D eigenvalue weighted by Gasteiger charge is 2.19. The number of amides is 1. The second-order valence-electron chi connectivity index (χ2n) is 3.23. The molecular weight excluding hydrogens is 359 g/mol. The molecule has 0 saturated heterocycles. The summed E-state index contributed by atoms with van der Waals surface area (Å²) in [5.41, 5.74) is 0. The molecule has 0 aliphatic heterocycles. The molecule has 0 heterocycles. The van der Waals surface area contributed by atoms with Crippen LogP contribution in [-0.2, 0) is 4.79 Å². The number of hydrogen-bond donors (Lipinski definition) is 1. The number of benzene rings is 1. The maximum atomic E-state index is 10.7. The Morgan fingerprint density at radius 1 is 1.00 bits per heavy atom. The Balaban J connectivity index is 2.86. The molecule has 0 bridgehead atoms. The van der Waals surface area contributed by atoms with E-state index in [1.165, 1.54) is 18.7 Å². The van der Waals surface area contributed by atoms with Crippen molar-refractivity contribution in [3.05, 3.63) is 25.1 Å². The zero-order valence-electron chi connectivity index (χ0n) is 9.12. The van der Waals surface area contributed by atoms with Gasteiger partial charge in [0.15, 0.2) is 0 Å². The quantitative estimate of drug-likeness (QED) is 0.344. The van der Waals surface area contributed by atoms with Gasteiger partial charge in [0.1, 0.15) is 0 Å². The maximum Gasteiger partial charge on any atom is 0.216 e. The molecule has 1 aromatic carbocycles. The third kappa shape index (κ3) is 3.99.